The van der Waals surface area contributed by atoms with Gasteiger partial charge in [-0.2, -0.15) is 0 Å². The van der Waals surface area contributed by atoms with Gasteiger partial charge in [0.25, 0.3) is 0 Å². The second kappa shape index (κ2) is 6.22. The lowest BCUT2D eigenvalue weighted by Gasteiger charge is -2.06. The molecule has 0 fully saturated rings. The SMILES string of the molecule is COc1cccc(Cc2ccc(CCN)cc2)c1. The maximum Gasteiger partial charge on any atom is 0.119 e. The number of hydrogen-bond acceptors (Lipinski definition) is 2. The highest BCUT2D eigenvalue weighted by Crippen LogP contribution is 2.16. The van der Waals surface area contributed by atoms with Gasteiger partial charge in [0.2, 0.25) is 0 Å². The van der Waals surface area contributed by atoms with Crippen LogP contribution in [0, 0.1) is 0 Å². The molecule has 94 valence electrons. The van der Waals surface area contributed by atoms with Crippen LogP contribution < -0.4 is 10.5 Å². The summed E-state index contributed by atoms with van der Waals surface area (Å²) >= 11 is 0. The summed E-state index contributed by atoms with van der Waals surface area (Å²) in [5.74, 6) is 0.909. The largest absolute Gasteiger partial charge is 0.497 e. The van der Waals surface area contributed by atoms with Crippen molar-refractivity contribution in [3.63, 3.8) is 0 Å². The Morgan fingerprint density at radius 1 is 0.944 bits per heavy atom. The molecule has 0 atom stereocenters. The van der Waals surface area contributed by atoms with E-state index in [0.29, 0.717) is 6.54 Å². The number of methoxy groups -OCH3 is 1. The minimum Gasteiger partial charge on any atom is -0.497 e. The zero-order valence-corrected chi connectivity index (χ0v) is 10.7. The molecule has 0 unspecified atom stereocenters. The van der Waals surface area contributed by atoms with Crippen molar-refractivity contribution in [3.8, 4) is 5.75 Å². The van der Waals surface area contributed by atoms with Crippen molar-refractivity contribution in [2.45, 2.75) is 12.8 Å². The van der Waals surface area contributed by atoms with E-state index in [-0.39, 0.29) is 0 Å². The summed E-state index contributed by atoms with van der Waals surface area (Å²) in [5.41, 5.74) is 9.41. The average molecular weight is 241 g/mol. The summed E-state index contributed by atoms with van der Waals surface area (Å²) in [6.07, 6.45) is 1.87. The van der Waals surface area contributed by atoms with Crippen molar-refractivity contribution in [1.29, 1.82) is 0 Å². The van der Waals surface area contributed by atoms with Crippen LogP contribution in [0.3, 0.4) is 0 Å². The van der Waals surface area contributed by atoms with Gasteiger partial charge in [0.05, 0.1) is 7.11 Å². The number of rotatable bonds is 5. The third-order valence-corrected chi connectivity index (χ3v) is 3.00. The van der Waals surface area contributed by atoms with Crippen molar-refractivity contribution in [1.82, 2.24) is 0 Å². The second-order valence-corrected chi connectivity index (χ2v) is 4.38. The number of hydrogen-bond donors (Lipinski definition) is 1. The monoisotopic (exact) mass is 241 g/mol. The summed E-state index contributed by atoms with van der Waals surface area (Å²) in [5, 5.41) is 0. The van der Waals surface area contributed by atoms with E-state index in [4.69, 9.17) is 10.5 Å². The molecule has 0 amide bonds. The molecule has 0 aliphatic rings. The van der Waals surface area contributed by atoms with Crippen molar-refractivity contribution in [2.75, 3.05) is 13.7 Å². The zero-order valence-electron chi connectivity index (χ0n) is 10.7. The van der Waals surface area contributed by atoms with Crippen LogP contribution in [-0.2, 0) is 12.8 Å². The van der Waals surface area contributed by atoms with E-state index in [1.807, 2.05) is 12.1 Å². The van der Waals surface area contributed by atoms with Gasteiger partial charge < -0.3 is 10.5 Å². The molecule has 0 bridgehead atoms. The van der Waals surface area contributed by atoms with Crippen molar-refractivity contribution >= 4 is 0 Å². The molecule has 0 radical (unpaired) electrons. The third kappa shape index (κ3) is 3.34. The van der Waals surface area contributed by atoms with Crippen molar-refractivity contribution in [3.05, 3.63) is 65.2 Å². The lowest BCUT2D eigenvalue weighted by atomic mass is 10.0. The topological polar surface area (TPSA) is 35.2 Å². The Labute approximate surface area is 108 Å². The van der Waals surface area contributed by atoms with Gasteiger partial charge in [-0.05, 0) is 48.2 Å². The molecule has 0 aliphatic heterocycles. The molecular weight excluding hydrogens is 222 g/mol. The molecule has 2 aromatic rings. The van der Waals surface area contributed by atoms with Gasteiger partial charge >= 0.3 is 0 Å². The van der Waals surface area contributed by atoms with Crippen LogP contribution in [0.25, 0.3) is 0 Å². The lowest BCUT2D eigenvalue weighted by molar-refractivity contribution is 0.414. The van der Waals surface area contributed by atoms with Crippen LogP contribution in [0.5, 0.6) is 5.75 Å². The Balaban J connectivity index is 2.08. The maximum absolute atomic E-state index is 5.54. The highest BCUT2D eigenvalue weighted by Gasteiger charge is 1.99. The van der Waals surface area contributed by atoms with Gasteiger partial charge in [0.15, 0.2) is 0 Å². The first-order chi connectivity index (χ1) is 8.81. The molecule has 2 N–H and O–H groups in total. The smallest absolute Gasteiger partial charge is 0.119 e. The normalized spacial score (nSPS) is 10.3. The molecule has 0 spiro atoms. The molecule has 2 nitrogen and oxygen atoms in total. The molecule has 0 saturated heterocycles. The standard InChI is InChI=1S/C16H19NO/c1-18-16-4-2-3-15(12-16)11-14-7-5-13(6-8-14)9-10-17/h2-8,12H,9-11,17H2,1H3. The van der Waals surface area contributed by atoms with Gasteiger partial charge in [0, 0.05) is 0 Å². The highest BCUT2D eigenvalue weighted by molar-refractivity contribution is 5.33. The Hall–Kier alpha value is -1.80. The van der Waals surface area contributed by atoms with Crippen LogP contribution in [0.1, 0.15) is 16.7 Å². The Morgan fingerprint density at radius 3 is 2.33 bits per heavy atom. The second-order valence-electron chi connectivity index (χ2n) is 4.38. The van der Waals surface area contributed by atoms with Crippen LogP contribution in [-0.4, -0.2) is 13.7 Å². The molecule has 0 heterocycles. The predicted octanol–water partition coefficient (Wildman–Crippen LogP) is 2.79. The minimum absolute atomic E-state index is 0.704. The molecule has 18 heavy (non-hydrogen) atoms. The fourth-order valence-corrected chi connectivity index (χ4v) is 2.01. The van der Waals surface area contributed by atoms with E-state index in [2.05, 4.69) is 36.4 Å². The highest BCUT2D eigenvalue weighted by atomic mass is 16.5. The van der Waals surface area contributed by atoms with Crippen LogP contribution in [0.2, 0.25) is 0 Å². The molecule has 2 rings (SSSR count). The van der Waals surface area contributed by atoms with E-state index >= 15 is 0 Å². The van der Waals surface area contributed by atoms with Crippen LogP contribution in [0.15, 0.2) is 48.5 Å². The van der Waals surface area contributed by atoms with Gasteiger partial charge in [0.1, 0.15) is 5.75 Å². The summed E-state index contributed by atoms with van der Waals surface area (Å²) < 4.78 is 5.23. The number of nitrogens with two attached hydrogens (primary N) is 1. The first-order valence-corrected chi connectivity index (χ1v) is 6.22. The van der Waals surface area contributed by atoms with Crippen molar-refractivity contribution in [2.24, 2.45) is 5.73 Å². The Morgan fingerprint density at radius 2 is 1.67 bits per heavy atom. The fraction of sp³-hybridized carbons (Fsp3) is 0.250. The van der Waals surface area contributed by atoms with Gasteiger partial charge in [-0.15, -0.1) is 0 Å². The lowest BCUT2D eigenvalue weighted by Crippen LogP contribution is -2.02. The average Bonchev–Trinajstić information content (AvgIpc) is 2.42. The van der Waals surface area contributed by atoms with Gasteiger partial charge in [-0.1, -0.05) is 36.4 Å². The minimum atomic E-state index is 0.704. The third-order valence-electron chi connectivity index (χ3n) is 3.00. The zero-order chi connectivity index (χ0) is 12.8. The molecular formula is C16H19NO. The van der Waals surface area contributed by atoms with E-state index in [1.165, 1.54) is 16.7 Å². The van der Waals surface area contributed by atoms with Crippen LogP contribution >= 0.6 is 0 Å². The van der Waals surface area contributed by atoms with E-state index in [1.54, 1.807) is 7.11 Å². The maximum atomic E-state index is 5.54. The fourth-order valence-electron chi connectivity index (χ4n) is 2.01. The number of benzene rings is 2. The Bertz CT molecular complexity index is 491. The summed E-state index contributed by atoms with van der Waals surface area (Å²) in [6, 6.07) is 16.8. The van der Waals surface area contributed by atoms with Gasteiger partial charge in [-0.25, -0.2) is 0 Å². The van der Waals surface area contributed by atoms with E-state index in [0.717, 1.165) is 18.6 Å². The summed E-state index contributed by atoms with van der Waals surface area (Å²) in [6.45, 7) is 0.704. The molecule has 0 aliphatic carbocycles. The molecule has 0 saturated carbocycles. The first-order valence-electron chi connectivity index (χ1n) is 6.22. The van der Waals surface area contributed by atoms with Gasteiger partial charge in [-0.3, -0.25) is 0 Å². The first kappa shape index (κ1) is 12.7. The summed E-state index contributed by atoms with van der Waals surface area (Å²) in [7, 11) is 1.70. The van der Waals surface area contributed by atoms with Crippen molar-refractivity contribution < 1.29 is 4.74 Å². The van der Waals surface area contributed by atoms with E-state index in [9.17, 15) is 0 Å². The molecule has 2 heteroatoms. The predicted molar refractivity (Wildman–Crippen MR) is 75.0 cm³/mol. The summed E-state index contributed by atoms with van der Waals surface area (Å²) in [4.78, 5) is 0. The molecule has 0 aromatic heterocycles. The number of ether oxygens (including phenoxy) is 1. The quantitative estimate of drug-likeness (QED) is 0.873. The Kier molecular flexibility index (Phi) is 4.37. The van der Waals surface area contributed by atoms with E-state index < -0.39 is 0 Å². The molecule has 2 aromatic carbocycles. The van der Waals surface area contributed by atoms with Crippen LogP contribution in [0.4, 0.5) is 0 Å².